The molecular weight excluding hydrogens is 622 g/mol. The third-order valence-corrected chi connectivity index (χ3v) is 10.3. The Morgan fingerprint density at radius 3 is 2.40 bits per heavy atom. The number of esters is 1. The van der Waals surface area contributed by atoms with Crippen LogP contribution in [0.5, 0.6) is 0 Å². The first kappa shape index (κ1) is 31.6. The van der Waals surface area contributed by atoms with Crippen molar-refractivity contribution in [3.8, 4) is 0 Å². The van der Waals surface area contributed by atoms with E-state index in [9.17, 15) is 18.0 Å². The number of imidazole rings is 1. The van der Waals surface area contributed by atoms with E-state index in [0.717, 1.165) is 23.6 Å². The number of nitrogens with zero attached hydrogens (tertiary/aromatic N) is 3. The van der Waals surface area contributed by atoms with E-state index < -0.39 is 22.5 Å². The molecule has 1 fully saturated rings. The SMILES string of the molecule is Cc1nc(N(CC(=O)O[C@H]2C[C@@H](C)CC[C@@H]2C(C)C)S(=O)(=O)c2ccc(NC(=O)c3ccccc3Br)cc2)c(C)n1N. The maximum Gasteiger partial charge on any atom is 0.327 e. The van der Waals surface area contributed by atoms with E-state index in [0.29, 0.717) is 39.1 Å². The second-order valence-corrected chi connectivity index (χ2v) is 14.0. The van der Waals surface area contributed by atoms with Crippen LogP contribution in [0.1, 0.15) is 61.9 Å². The van der Waals surface area contributed by atoms with E-state index >= 15 is 0 Å². The number of nitrogen functional groups attached to an aromatic ring is 1. The zero-order valence-corrected chi connectivity index (χ0v) is 26.9. The second kappa shape index (κ2) is 12.9. The van der Waals surface area contributed by atoms with Crippen LogP contribution in [0, 0.1) is 31.6 Å². The summed E-state index contributed by atoms with van der Waals surface area (Å²) >= 11 is 3.36. The topological polar surface area (TPSA) is 137 Å². The molecule has 0 radical (unpaired) electrons. The highest BCUT2D eigenvalue weighted by Crippen LogP contribution is 2.36. The van der Waals surface area contributed by atoms with Gasteiger partial charge >= 0.3 is 5.97 Å². The summed E-state index contributed by atoms with van der Waals surface area (Å²) < 4.78 is 36.8. The molecule has 4 rings (SSSR count). The molecule has 0 spiro atoms. The van der Waals surface area contributed by atoms with Crippen LogP contribution in [0.2, 0.25) is 0 Å². The summed E-state index contributed by atoms with van der Waals surface area (Å²) in [6.07, 6.45) is 2.49. The van der Waals surface area contributed by atoms with Crippen LogP contribution in [0.3, 0.4) is 0 Å². The van der Waals surface area contributed by atoms with Gasteiger partial charge in [0.25, 0.3) is 15.9 Å². The van der Waals surface area contributed by atoms with Crippen molar-refractivity contribution < 1.29 is 22.7 Å². The minimum absolute atomic E-state index is 0.0516. The molecule has 1 amide bonds. The summed E-state index contributed by atoms with van der Waals surface area (Å²) in [5.41, 5.74) is 1.23. The molecule has 226 valence electrons. The van der Waals surface area contributed by atoms with Gasteiger partial charge in [0.2, 0.25) is 0 Å². The van der Waals surface area contributed by atoms with Gasteiger partial charge in [-0.2, -0.15) is 0 Å². The highest BCUT2D eigenvalue weighted by molar-refractivity contribution is 9.10. The molecule has 42 heavy (non-hydrogen) atoms. The summed E-state index contributed by atoms with van der Waals surface area (Å²) in [5, 5.41) is 2.77. The van der Waals surface area contributed by atoms with Crippen LogP contribution in [0.4, 0.5) is 11.5 Å². The number of nitrogens with two attached hydrogens (primary N) is 1. The van der Waals surface area contributed by atoms with Crippen molar-refractivity contribution >= 4 is 49.3 Å². The molecule has 0 unspecified atom stereocenters. The number of amides is 1. The van der Waals surface area contributed by atoms with Crippen molar-refractivity contribution in [1.82, 2.24) is 9.66 Å². The van der Waals surface area contributed by atoms with Crippen LogP contribution >= 0.6 is 15.9 Å². The maximum absolute atomic E-state index is 14.0. The first-order valence-corrected chi connectivity index (χ1v) is 16.2. The fourth-order valence-electron chi connectivity index (χ4n) is 5.40. The molecule has 1 aromatic heterocycles. The minimum Gasteiger partial charge on any atom is -0.461 e. The van der Waals surface area contributed by atoms with Gasteiger partial charge in [-0.1, -0.05) is 39.3 Å². The fraction of sp³-hybridized carbons (Fsp3) is 0.433. The predicted octanol–water partition coefficient (Wildman–Crippen LogP) is 5.43. The van der Waals surface area contributed by atoms with E-state index in [-0.39, 0.29) is 28.6 Å². The smallest absolute Gasteiger partial charge is 0.327 e. The number of hydrogen-bond acceptors (Lipinski definition) is 7. The average molecular weight is 661 g/mol. The standard InChI is InChI=1S/C30H38BrN5O5S/c1-18(2)24-15-10-19(3)16-27(24)41-28(37)17-35(29-20(4)36(32)21(5)33-29)42(39,40)23-13-11-22(12-14-23)34-30(38)25-8-6-7-9-26(25)31/h6-9,11-14,18-19,24,27H,10,15-17,32H2,1-5H3,(H,34,38)/t19-,24+,27-/m0/s1. The van der Waals surface area contributed by atoms with Crippen LogP contribution in [-0.4, -0.2) is 42.6 Å². The van der Waals surface area contributed by atoms with Gasteiger partial charge in [-0.3, -0.25) is 9.59 Å². The van der Waals surface area contributed by atoms with Crippen LogP contribution in [-0.2, 0) is 19.6 Å². The van der Waals surface area contributed by atoms with E-state index in [1.165, 1.54) is 28.9 Å². The summed E-state index contributed by atoms with van der Waals surface area (Å²) in [6, 6.07) is 12.7. The lowest BCUT2D eigenvalue weighted by Gasteiger charge is -2.37. The molecule has 1 saturated carbocycles. The lowest BCUT2D eigenvalue weighted by molar-refractivity contribution is -0.153. The van der Waals surface area contributed by atoms with Crippen LogP contribution < -0.4 is 15.5 Å². The summed E-state index contributed by atoms with van der Waals surface area (Å²) in [6.45, 7) is 9.10. The number of anilines is 2. The molecule has 3 N–H and O–H groups in total. The fourth-order valence-corrected chi connectivity index (χ4v) is 7.28. The lowest BCUT2D eigenvalue weighted by atomic mass is 9.75. The molecule has 3 aromatic rings. The maximum atomic E-state index is 14.0. The number of hydrogen-bond donors (Lipinski definition) is 2. The Bertz CT molecular complexity index is 1550. The quantitative estimate of drug-likeness (QED) is 0.231. The monoisotopic (exact) mass is 659 g/mol. The molecule has 2 aromatic carbocycles. The largest absolute Gasteiger partial charge is 0.461 e. The molecule has 1 aliphatic rings. The number of ether oxygens (including phenoxy) is 1. The first-order chi connectivity index (χ1) is 19.8. The summed E-state index contributed by atoms with van der Waals surface area (Å²) in [7, 11) is -4.28. The number of aryl methyl sites for hydroxylation is 1. The van der Waals surface area contributed by atoms with Gasteiger partial charge in [0.05, 0.1) is 16.2 Å². The van der Waals surface area contributed by atoms with Crippen molar-refractivity contribution in [2.45, 2.75) is 64.9 Å². The zero-order valence-electron chi connectivity index (χ0n) is 24.5. The summed E-state index contributed by atoms with van der Waals surface area (Å²) in [5.74, 6) is 6.47. The third kappa shape index (κ3) is 6.81. The van der Waals surface area contributed by atoms with Crippen molar-refractivity contribution in [2.75, 3.05) is 22.0 Å². The number of sulfonamides is 1. The number of nitrogens with one attached hydrogen (secondary N) is 1. The van der Waals surface area contributed by atoms with Gasteiger partial charge in [0.15, 0.2) is 5.82 Å². The first-order valence-electron chi connectivity index (χ1n) is 14.0. The van der Waals surface area contributed by atoms with Gasteiger partial charge in [-0.25, -0.2) is 22.4 Å². The molecule has 12 heteroatoms. The average Bonchev–Trinajstić information content (AvgIpc) is 3.18. The lowest BCUT2D eigenvalue weighted by Crippen LogP contribution is -2.41. The van der Waals surface area contributed by atoms with Gasteiger partial charge in [-0.05, 0) is 96.8 Å². The van der Waals surface area contributed by atoms with Crippen LogP contribution in [0.15, 0.2) is 57.9 Å². The van der Waals surface area contributed by atoms with Gasteiger partial charge < -0.3 is 15.9 Å². The molecule has 0 saturated heterocycles. The normalized spacial score (nSPS) is 19.0. The number of rotatable bonds is 9. The molecule has 10 nitrogen and oxygen atoms in total. The van der Waals surface area contributed by atoms with Crippen molar-refractivity contribution in [3.05, 3.63) is 70.1 Å². The number of carbonyl (C=O) groups is 2. The number of benzene rings is 2. The third-order valence-electron chi connectivity index (χ3n) is 7.87. The molecule has 1 heterocycles. The Kier molecular flexibility index (Phi) is 9.67. The predicted molar refractivity (Wildman–Crippen MR) is 166 cm³/mol. The van der Waals surface area contributed by atoms with Crippen molar-refractivity contribution in [1.29, 1.82) is 0 Å². The second-order valence-electron chi connectivity index (χ2n) is 11.3. The van der Waals surface area contributed by atoms with Gasteiger partial charge in [-0.15, -0.1) is 0 Å². The van der Waals surface area contributed by atoms with E-state index in [1.807, 2.05) is 0 Å². The number of aromatic nitrogens is 2. The van der Waals surface area contributed by atoms with E-state index in [4.69, 9.17) is 10.6 Å². The molecular formula is C30H38BrN5O5S. The Morgan fingerprint density at radius 2 is 1.81 bits per heavy atom. The minimum atomic E-state index is -4.28. The molecule has 0 aliphatic heterocycles. The summed E-state index contributed by atoms with van der Waals surface area (Å²) in [4.78, 5) is 30.3. The van der Waals surface area contributed by atoms with Crippen molar-refractivity contribution in [3.63, 3.8) is 0 Å². The number of halogens is 1. The molecule has 1 aliphatic carbocycles. The Hall–Kier alpha value is -3.38. The molecule has 3 atom stereocenters. The Balaban J connectivity index is 1.60. The van der Waals surface area contributed by atoms with Crippen LogP contribution in [0.25, 0.3) is 0 Å². The molecule has 0 bridgehead atoms. The van der Waals surface area contributed by atoms with E-state index in [2.05, 4.69) is 47.0 Å². The van der Waals surface area contributed by atoms with E-state index in [1.54, 1.807) is 38.1 Å². The highest BCUT2D eigenvalue weighted by atomic mass is 79.9. The Morgan fingerprint density at radius 1 is 1.14 bits per heavy atom. The van der Waals surface area contributed by atoms with Gasteiger partial charge in [0, 0.05) is 10.2 Å². The number of carbonyl (C=O) groups excluding carboxylic acids is 2. The van der Waals surface area contributed by atoms with Gasteiger partial charge in [0.1, 0.15) is 18.5 Å². The highest BCUT2D eigenvalue weighted by Gasteiger charge is 2.36. The van der Waals surface area contributed by atoms with Crippen molar-refractivity contribution in [2.24, 2.45) is 17.8 Å². The zero-order chi connectivity index (χ0) is 30.8. The Labute approximate surface area is 255 Å².